The normalized spacial score (nSPS) is 19.4. The fraction of sp³-hybridized carbons (Fsp3) is 0.500. The Morgan fingerprint density at radius 3 is 2.67 bits per heavy atom. The summed E-state index contributed by atoms with van der Waals surface area (Å²) >= 11 is 0. The Kier molecular flexibility index (Phi) is 8.17. The standard InChI is InChI=1S/C26H35N5O2/c1-27-26(30-22-14-16-31(18-22)25(32)21-7-3-2-4-8-21)29-17-20-10-12-24(13-11-20)33-19-23-9-5-6-15-28-23/h5-6,9-13,15,21-22H,2-4,7-8,14,16-19H2,1H3,(H2,27,29,30). The first-order valence-electron chi connectivity index (χ1n) is 12.1. The number of hydrogen-bond donors (Lipinski definition) is 2. The van der Waals surface area contributed by atoms with Crippen molar-refractivity contribution in [3.05, 3.63) is 59.9 Å². The van der Waals surface area contributed by atoms with Crippen molar-refractivity contribution in [2.75, 3.05) is 20.1 Å². The summed E-state index contributed by atoms with van der Waals surface area (Å²) in [5.41, 5.74) is 2.05. The smallest absolute Gasteiger partial charge is 0.225 e. The number of benzene rings is 1. The summed E-state index contributed by atoms with van der Waals surface area (Å²) in [5.74, 6) is 2.18. The lowest BCUT2D eigenvalue weighted by molar-refractivity contribution is -0.135. The number of aliphatic imine (C=N–C) groups is 1. The highest BCUT2D eigenvalue weighted by atomic mass is 16.5. The van der Waals surface area contributed by atoms with Gasteiger partial charge in [-0.25, -0.2) is 0 Å². The van der Waals surface area contributed by atoms with Crippen LogP contribution in [-0.2, 0) is 17.9 Å². The number of carbonyl (C=O) groups excluding carboxylic acids is 1. The van der Waals surface area contributed by atoms with Gasteiger partial charge in [0, 0.05) is 44.8 Å². The largest absolute Gasteiger partial charge is 0.487 e. The molecule has 1 saturated heterocycles. The molecule has 1 aromatic carbocycles. The van der Waals surface area contributed by atoms with E-state index in [1.807, 2.05) is 47.4 Å². The van der Waals surface area contributed by atoms with Gasteiger partial charge >= 0.3 is 0 Å². The van der Waals surface area contributed by atoms with Crippen molar-refractivity contribution in [1.29, 1.82) is 0 Å². The number of guanidine groups is 1. The lowest BCUT2D eigenvalue weighted by Crippen LogP contribution is -2.45. The van der Waals surface area contributed by atoms with E-state index in [2.05, 4.69) is 20.6 Å². The molecular weight excluding hydrogens is 414 g/mol. The number of rotatable bonds is 7. The van der Waals surface area contributed by atoms with Crippen LogP contribution in [0.2, 0.25) is 0 Å². The van der Waals surface area contributed by atoms with Crippen molar-refractivity contribution in [3.8, 4) is 5.75 Å². The summed E-state index contributed by atoms with van der Waals surface area (Å²) in [6, 6.07) is 14.1. The molecule has 4 rings (SSSR count). The Morgan fingerprint density at radius 2 is 1.94 bits per heavy atom. The molecule has 1 saturated carbocycles. The van der Waals surface area contributed by atoms with Crippen molar-refractivity contribution >= 4 is 11.9 Å². The minimum atomic E-state index is 0.242. The quantitative estimate of drug-likeness (QED) is 0.500. The van der Waals surface area contributed by atoms with E-state index in [0.717, 1.165) is 55.3 Å². The SMILES string of the molecule is CN=C(NCc1ccc(OCc2ccccn2)cc1)NC1CCN(C(=O)C2CCCCC2)C1. The van der Waals surface area contributed by atoms with Crippen LogP contribution in [0.15, 0.2) is 53.7 Å². The van der Waals surface area contributed by atoms with Gasteiger partial charge in [0.05, 0.1) is 5.69 Å². The minimum Gasteiger partial charge on any atom is -0.487 e. The van der Waals surface area contributed by atoms with Crippen LogP contribution in [0.3, 0.4) is 0 Å². The first kappa shape index (κ1) is 23.1. The molecule has 2 aromatic rings. The third-order valence-electron chi connectivity index (χ3n) is 6.51. The summed E-state index contributed by atoms with van der Waals surface area (Å²) < 4.78 is 5.80. The molecule has 2 N–H and O–H groups in total. The Balaban J connectivity index is 1.20. The molecule has 2 heterocycles. The van der Waals surface area contributed by atoms with Crippen LogP contribution in [0, 0.1) is 5.92 Å². The first-order valence-corrected chi connectivity index (χ1v) is 12.1. The molecular formula is C26H35N5O2. The first-order chi connectivity index (χ1) is 16.2. The van der Waals surface area contributed by atoms with Gasteiger partial charge in [0.25, 0.3) is 0 Å². The molecule has 33 heavy (non-hydrogen) atoms. The zero-order chi connectivity index (χ0) is 22.9. The summed E-state index contributed by atoms with van der Waals surface area (Å²) in [7, 11) is 1.78. The van der Waals surface area contributed by atoms with Gasteiger partial charge in [0.1, 0.15) is 12.4 Å². The number of likely N-dealkylation sites (tertiary alicyclic amines) is 1. The second-order valence-corrected chi connectivity index (χ2v) is 8.93. The van der Waals surface area contributed by atoms with Crippen LogP contribution in [0.25, 0.3) is 0 Å². The molecule has 7 heteroatoms. The van der Waals surface area contributed by atoms with E-state index in [-0.39, 0.29) is 12.0 Å². The summed E-state index contributed by atoms with van der Waals surface area (Å²) in [6.07, 6.45) is 8.51. The van der Waals surface area contributed by atoms with Gasteiger partial charge in [0.2, 0.25) is 5.91 Å². The maximum Gasteiger partial charge on any atom is 0.225 e. The molecule has 0 bridgehead atoms. The van der Waals surface area contributed by atoms with E-state index in [1.165, 1.54) is 19.3 Å². The van der Waals surface area contributed by atoms with Gasteiger partial charge in [-0.1, -0.05) is 37.5 Å². The van der Waals surface area contributed by atoms with Crippen molar-refractivity contribution in [1.82, 2.24) is 20.5 Å². The fourth-order valence-corrected chi connectivity index (χ4v) is 4.60. The maximum atomic E-state index is 12.8. The van der Waals surface area contributed by atoms with Crippen molar-refractivity contribution < 1.29 is 9.53 Å². The molecule has 0 radical (unpaired) electrons. The van der Waals surface area contributed by atoms with Gasteiger partial charge in [-0.05, 0) is 49.1 Å². The topological polar surface area (TPSA) is 78.9 Å². The van der Waals surface area contributed by atoms with E-state index in [9.17, 15) is 4.79 Å². The van der Waals surface area contributed by atoms with Crippen molar-refractivity contribution in [2.24, 2.45) is 10.9 Å². The van der Waals surface area contributed by atoms with Gasteiger partial charge in [-0.3, -0.25) is 14.8 Å². The van der Waals surface area contributed by atoms with Crippen molar-refractivity contribution in [3.63, 3.8) is 0 Å². The maximum absolute atomic E-state index is 12.8. The minimum absolute atomic E-state index is 0.242. The van der Waals surface area contributed by atoms with Crippen molar-refractivity contribution in [2.45, 2.75) is 57.7 Å². The molecule has 1 amide bonds. The monoisotopic (exact) mass is 449 g/mol. The molecule has 7 nitrogen and oxygen atoms in total. The Morgan fingerprint density at radius 1 is 1.12 bits per heavy atom. The fourth-order valence-electron chi connectivity index (χ4n) is 4.60. The number of pyridine rings is 1. The lowest BCUT2D eigenvalue weighted by Gasteiger charge is -2.26. The van der Waals surface area contributed by atoms with Crippen LogP contribution in [0.1, 0.15) is 49.8 Å². The van der Waals surface area contributed by atoms with E-state index in [1.54, 1.807) is 13.2 Å². The highest BCUT2D eigenvalue weighted by molar-refractivity contribution is 5.81. The number of amides is 1. The van der Waals surface area contributed by atoms with Crippen LogP contribution in [0.5, 0.6) is 5.75 Å². The number of nitrogens with one attached hydrogen (secondary N) is 2. The second kappa shape index (κ2) is 11.7. The van der Waals surface area contributed by atoms with Crippen LogP contribution < -0.4 is 15.4 Å². The van der Waals surface area contributed by atoms with E-state index in [4.69, 9.17) is 4.74 Å². The number of ether oxygens (including phenoxy) is 1. The van der Waals surface area contributed by atoms with E-state index in [0.29, 0.717) is 19.1 Å². The van der Waals surface area contributed by atoms with Gasteiger partial charge in [0.15, 0.2) is 5.96 Å². The zero-order valence-corrected chi connectivity index (χ0v) is 19.5. The third kappa shape index (κ3) is 6.70. The second-order valence-electron chi connectivity index (χ2n) is 8.93. The molecule has 1 aromatic heterocycles. The van der Waals surface area contributed by atoms with Crippen LogP contribution in [0.4, 0.5) is 0 Å². The molecule has 1 atom stereocenters. The average molecular weight is 450 g/mol. The molecule has 2 fully saturated rings. The molecule has 1 aliphatic heterocycles. The predicted octanol–water partition coefficient (Wildman–Crippen LogP) is 3.51. The molecule has 2 aliphatic rings. The van der Waals surface area contributed by atoms with Gasteiger partial charge in [-0.2, -0.15) is 0 Å². The zero-order valence-electron chi connectivity index (χ0n) is 19.5. The Labute approximate surface area is 196 Å². The number of carbonyl (C=O) groups is 1. The molecule has 176 valence electrons. The highest BCUT2D eigenvalue weighted by Gasteiger charge is 2.31. The van der Waals surface area contributed by atoms with E-state index < -0.39 is 0 Å². The number of hydrogen-bond acceptors (Lipinski definition) is 4. The van der Waals surface area contributed by atoms with E-state index >= 15 is 0 Å². The van der Waals surface area contributed by atoms with Gasteiger partial charge in [-0.15, -0.1) is 0 Å². The van der Waals surface area contributed by atoms with Crippen LogP contribution in [-0.4, -0.2) is 47.9 Å². The average Bonchev–Trinajstić information content (AvgIpc) is 3.35. The Bertz CT molecular complexity index is 910. The highest BCUT2D eigenvalue weighted by Crippen LogP contribution is 2.26. The number of aromatic nitrogens is 1. The summed E-state index contributed by atoms with van der Waals surface area (Å²) in [4.78, 5) is 23.5. The third-order valence-corrected chi connectivity index (χ3v) is 6.51. The summed E-state index contributed by atoms with van der Waals surface area (Å²) in [6.45, 7) is 2.72. The number of nitrogens with zero attached hydrogens (tertiary/aromatic N) is 3. The predicted molar refractivity (Wildman–Crippen MR) is 130 cm³/mol. The van der Waals surface area contributed by atoms with Gasteiger partial charge < -0.3 is 20.3 Å². The summed E-state index contributed by atoms with van der Waals surface area (Å²) in [5, 5.41) is 6.87. The lowest BCUT2D eigenvalue weighted by atomic mass is 9.88. The molecule has 1 aliphatic carbocycles. The molecule has 1 unspecified atom stereocenters. The van der Waals surface area contributed by atoms with Crippen LogP contribution >= 0.6 is 0 Å². The molecule has 0 spiro atoms. The Hall–Kier alpha value is -3.09.